The van der Waals surface area contributed by atoms with Gasteiger partial charge >= 0.3 is 5.97 Å². The fourth-order valence-corrected chi connectivity index (χ4v) is 4.84. The number of anilines is 1. The minimum atomic E-state index is -0.316. The molecule has 1 N–H and O–H groups in total. The molecule has 0 amide bonds. The zero-order valence-corrected chi connectivity index (χ0v) is 13.9. The Bertz CT molecular complexity index is 866. The number of ether oxygens (including phenoxy) is 1. The van der Waals surface area contributed by atoms with Crippen LogP contribution in [0.25, 0.3) is 0 Å². The average molecular weight is 333 g/mol. The summed E-state index contributed by atoms with van der Waals surface area (Å²) in [5, 5.41) is 8.88. The summed E-state index contributed by atoms with van der Waals surface area (Å²) in [4.78, 5) is 16.8. The number of hydrogen-bond acceptors (Lipinski definition) is 4. The van der Waals surface area contributed by atoms with Crippen LogP contribution >= 0.6 is 0 Å². The predicted molar refractivity (Wildman–Crippen MR) is 94.6 cm³/mol. The van der Waals surface area contributed by atoms with Crippen molar-refractivity contribution < 1.29 is 9.53 Å². The highest BCUT2D eigenvalue weighted by atomic mass is 16.5. The van der Waals surface area contributed by atoms with Crippen molar-refractivity contribution in [2.75, 3.05) is 12.0 Å². The normalized spacial score (nSPS) is 29.6. The number of hydrogen-bond donors (Lipinski definition) is 1. The van der Waals surface area contributed by atoms with Crippen LogP contribution < -0.4 is 4.90 Å². The number of fused-ring (bicyclic) bond motifs is 3. The molecule has 25 heavy (non-hydrogen) atoms. The van der Waals surface area contributed by atoms with Crippen LogP contribution in [-0.4, -0.2) is 36.0 Å². The molecule has 5 heteroatoms. The second-order valence-electron chi connectivity index (χ2n) is 6.87. The third kappa shape index (κ3) is 1.81. The van der Waals surface area contributed by atoms with Crippen LogP contribution in [0, 0.1) is 5.41 Å². The summed E-state index contributed by atoms with van der Waals surface area (Å²) in [6, 6.07) is 17.8. The molecule has 2 aromatic carbocycles. The van der Waals surface area contributed by atoms with E-state index in [1.807, 2.05) is 42.5 Å². The Hall–Kier alpha value is -2.66. The first kappa shape index (κ1) is 14.7. The van der Waals surface area contributed by atoms with E-state index in [0.717, 1.165) is 17.7 Å². The van der Waals surface area contributed by atoms with E-state index in [9.17, 15) is 4.79 Å². The van der Waals surface area contributed by atoms with Crippen molar-refractivity contribution in [3.63, 3.8) is 0 Å². The minimum absolute atomic E-state index is 0.0270. The third-order valence-electron chi connectivity index (χ3n) is 5.77. The topological polar surface area (TPSA) is 56.6 Å². The predicted octanol–water partition coefficient (Wildman–Crippen LogP) is 2.90. The number of benzene rings is 2. The van der Waals surface area contributed by atoms with Crippen LogP contribution in [0.3, 0.4) is 0 Å². The van der Waals surface area contributed by atoms with E-state index in [2.05, 4.69) is 21.9 Å². The van der Waals surface area contributed by atoms with Crippen LogP contribution in [0.1, 0.15) is 29.5 Å². The van der Waals surface area contributed by atoms with E-state index in [1.54, 1.807) is 0 Å². The van der Waals surface area contributed by atoms with Gasteiger partial charge in [-0.05, 0) is 23.6 Å². The van der Waals surface area contributed by atoms with Gasteiger partial charge in [0.1, 0.15) is 11.9 Å². The SMILES string of the molecule is COC(=O)[C@@H]1C[C@H]2c3ccccc3N3C(=N)[C@H](c4ccccc4)N1[C@@H]23. The van der Waals surface area contributed by atoms with Crippen LogP contribution in [0.4, 0.5) is 5.69 Å². The van der Waals surface area contributed by atoms with Gasteiger partial charge in [0.2, 0.25) is 0 Å². The number of rotatable bonds is 2. The maximum atomic E-state index is 12.5. The van der Waals surface area contributed by atoms with Crippen molar-refractivity contribution in [3.8, 4) is 0 Å². The first-order valence-corrected chi connectivity index (χ1v) is 8.59. The lowest BCUT2D eigenvalue weighted by atomic mass is 9.96. The summed E-state index contributed by atoms with van der Waals surface area (Å²) in [7, 11) is 1.45. The van der Waals surface area contributed by atoms with Gasteiger partial charge in [-0.3, -0.25) is 15.1 Å². The molecule has 0 bridgehead atoms. The number of esters is 1. The maximum Gasteiger partial charge on any atom is 0.323 e. The molecule has 3 aliphatic heterocycles. The molecule has 4 atom stereocenters. The van der Waals surface area contributed by atoms with Crippen molar-refractivity contribution in [1.29, 1.82) is 5.41 Å². The van der Waals surface area contributed by atoms with Crippen molar-refractivity contribution in [3.05, 3.63) is 65.7 Å². The Kier molecular flexibility index (Phi) is 3.03. The van der Waals surface area contributed by atoms with E-state index >= 15 is 0 Å². The number of carbonyl (C=O) groups excluding carboxylic acids is 1. The third-order valence-corrected chi connectivity index (χ3v) is 5.77. The number of para-hydroxylation sites is 1. The summed E-state index contributed by atoms with van der Waals surface area (Å²) < 4.78 is 5.09. The molecule has 0 aliphatic carbocycles. The Morgan fingerprint density at radius 1 is 1.12 bits per heavy atom. The fraction of sp³-hybridized carbons (Fsp3) is 0.300. The minimum Gasteiger partial charge on any atom is -0.468 e. The molecule has 0 spiro atoms. The molecule has 3 aliphatic rings. The summed E-state index contributed by atoms with van der Waals surface area (Å²) in [5.41, 5.74) is 3.39. The Labute approximate surface area is 146 Å². The number of methoxy groups -OCH3 is 1. The van der Waals surface area contributed by atoms with Gasteiger partial charge in [-0.15, -0.1) is 0 Å². The van der Waals surface area contributed by atoms with Crippen LogP contribution in [0.15, 0.2) is 54.6 Å². The molecule has 0 saturated carbocycles. The molecular formula is C20H19N3O2. The lowest BCUT2D eigenvalue weighted by molar-refractivity contribution is -0.146. The average Bonchev–Trinajstić information content (AvgIpc) is 3.27. The molecule has 0 aromatic heterocycles. The molecule has 2 fully saturated rings. The quantitative estimate of drug-likeness (QED) is 0.859. The second kappa shape index (κ2) is 5.17. The summed E-state index contributed by atoms with van der Waals surface area (Å²) in [6.45, 7) is 0. The van der Waals surface area contributed by atoms with Gasteiger partial charge in [-0.25, -0.2) is 0 Å². The maximum absolute atomic E-state index is 12.5. The molecule has 3 heterocycles. The molecule has 0 radical (unpaired) electrons. The lowest BCUT2D eigenvalue weighted by Crippen LogP contribution is -2.41. The van der Waals surface area contributed by atoms with Crippen molar-refractivity contribution >= 4 is 17.5 Å². The second-order valence-corrected chi connectivity index (χ2v) is 6.87. The highest BCUT2D eigenvalue weighted by molar-refractivity contribution is 6.05. The number of nitrogens with zero attached hydrogens (tertiary/aromatic N) is 2. The molecule has 5 nitrogen and oxygen atoms in total. The number of nitrogens with one attached hydrogen (secondary N) is 1. The van der Waals surface area contributed by atoms with Gasteiger partial charge in [0.05, 0.1) is 19.3 Å². The van der Waals surface area contributed by atoms with Gasteiger partial charge in [0.15, 0.2) is 0 Å². The largest absolute Gasteiger partial charge is 0.468 e. The zero-order chi connectivity index (χ0) is 17.1. The van der Waals surface area contributed by atoms with Gasteiger partial charge in [-0.1, -0.05) is 48.5 Å². The first-order valence-electron chi connectivity index (χ1n) is 8.59. The van der Waals surface area contributed by atoms with Crippen molar-refractivity contribution in [2.24, 2.45) is 0 Å². The standard InChI is InChI=1S/C20H19N3O2/c1-25-20(24)16-11-14-13-9-5-6-10-15(13)23-18(21)17(22(16)19(14)23)12-7-3-2-4-8-12/h2-10,14,16-17,19,21H,11H2,1H3/t14-,16-,17-,19+/m0/s1. The van der Waals surface area contributed by atoms with Crippen molar-refractivity contribution in [1.82, 2.24) is 4.90 Å². The highest BCUT2D eigenvalue weighted by Crippen LogP contribution is 2.56. The van der Waals surface area contributed by atoms with Crippen LogP contribution in [0.5, 0.6) is 0 Å². The van der Waals surface area contributed by atoms with E-state index in [4.69, 9.17) is 10.1 Å². The number of amidine groups is 1. The molecule has 126 valence electrons. The zero-order valence-electron chi connectivity index (χ0n) is 13.9. The van der Waals surface area contributed by atoms with Crippen molar-refractivity contribution in [2.45, 2.75) is 30.6 Å². The number of carbonyl (C=O) groups is 1. The monoisotopic (exact) mass is 333 g/mol. The fourth-order valence-electron chi connectivity index (χ4n) is 4.84. The van der Waals surface area contributed by atoms with Crippen LogP contribution in [0.2, 0.25) is 0 Å². The highest BCUT2D eigenvalue weighted by Gasteiger charge is 2.61. The van der Waals surface area contributed by atoms with E-state index in [-0.39, 0.29) is 30.1 Å². The molecule has 5 rings (SSSR count). The first-order chi connectivity index (χ1) is 12.2. The van der Waals surface area contributed by atoms with E-state index < -0.39 is 0 Å². The van der Waals surface area contributed by atoms with Crippen LogP contribution in [-0.2, 0) is 9.53 Å². The molecule has 2 saturated heterocycles. The summed E-state index contributed by atoms with van der Waals surface area (Å²) in [6.07, 6.45) is 0.765. The Balaban J connectivity index is 1.68. The van der Waals surface area contributed by atoms with Gasteiger partial charge in [0, 0.05) is 11.6 Å². The molecule has 0 unspecified atom stereocenters. The van der Waals surface area contributed by atoms with Gasteiger partial charge in [0.25, 0.3) is 0 Å². The van der Waals surface area contributed by atoms with Gasteiger partial charge in [-0.2, -0.15) is 0 Å². The summed E-state index contributed by atoms with van der Waals surface area (Å²) in [5.74, 6) is 0.566. The Morgan fingerprint density at radius 2 is 1.84 bits per heavy atom. The summed E-state index contributed by atoms with van der Waals surface area (Å²) >= 11 is 0. The molecular weight excluding hydrogens is 314 g/mol. The smallest absolute Gasteiger partial charge is 0.323 e. The van der Waals surface area contributed by atoms with E-state index in [1.165, 1.54) is 12.7 Å². The van der Waals surface area contributed by atoms with Gasteiger partial charge < -0.3 is 9.64 Å². The Morgan fingerprint density at radius 3 is 2.60 bits per heavy atom. The molecule has 2 aromatic rings. The van der Waals surface area contributed by atoms with E-state index in [0.29, 0.717) is 5.84 Å². The lowest BCUT2D eigenvalue weighted by Gasteiger charge is -2.27.